The molecule has 0 heterocycles. The fraction of sp³-hybridized carbons (Fsp3) is 0.882. The molecule has 0 aliphatic heterocycles. The average molecular weight is 576 g/mol. The number of hydrogen-bond acceptors (Lipinski definition) is 5. The van der Waals surface area contributed by atoms with Crippen molar-refractivity contribution in [1.82, 2.24) is 5.32 Å². The van der Waals surface area contributed by atoms with E-state index in [0.717, 1.165) is 54.8 Å². The van der Waals surface area contributed by atoms with Gasteiger partial charge in [0.2, 0.25) is 0 Å². The lowest BCUT2D eigenvalue weighted by atomic mass is 9.47. The summed E-state index contributed by atoms with van der Waals surface area (Å²) in [6.07, 6.45) is 15.9. The van der Waals surface area contributed by atoms with E-state index in [-0.39, 0.29) is 30.8 Å². The molecule has 4 aliphatic rings. The first-order valence-corrected chi connectivity index (χ1v) is 16.6. The number of ether oxygens (including phenoxy) is 3. The van der Waals surface area contributed by atoms with E-state index in [0.29, 0.717) is 25.2 Å². The van der Waals surface area contributed by atoms with E-state index in [1.165, 1.54) is 56.9 Å². The molecule has 4 rings (SSSR count). The van der Waals surface area contributed by atoms with Crippen LogP contribution in [-0.4, -0.2) is 56.2 Å². The fourth-order valence-electron chi connectivity index (χ4n) is 9.55. The Morgan fingerprint density at radius 3 is 2.54 bits per heavy atom. The lowest BCUT2D eigenvalue weighted by molar-refractivity contribution is -0.142. The maximum atomic E-state index is 12.4. The molecule has 2 N–H and O–H groups in total. The first kappa shape index (κ1) is 32.3. The standard InChI is InChI=1S/C34H57NO6/c1-23(2)7-6-8-24(3)28-11-12-29-27-10-9-25-21-26(13-15-33(25,4)30(27)14-16-34(28,29)5)41-32(38)35-17-18-39-19-20-40-22-31(36)37/h9,23-24,26-30H,6-8,10-22H2,1-5H3,(H,35,38)(H,36,37)/t24?,26-,27-,28?,29?,30?,33-,34+/m0/s1. The molecule has 0 aromatic carbocycles. The van der Waals surface area contributed by atoms with E-state index in [1.807, 2.05) is 0 Å². The van der Waals surface area contributed by atoms with E-state index in [4.69, 9.17) is 19.3 Å². The molecule has 4 unspecified atom stereocenters. The Balaban J connectivity index is 1.24. The molecule has 0 spiro atoms. The van der Waals surface area contributed by atoms with Crippen LogP contribution in [0.25, 0.3) is 0 Å². The van der Waals surface area contributed by atoms with Crippen LogP contribution in [0, 0.1) is 46.3 Å². The lowest BCUT2D eigenvalue weighted by Gasteiger charge is -2.58. The Kier molecular flexibility index (Phi) is 11.2. The Labute approximate surface area is 248 Å². The van der Waals surface area contributed by atoms with Gasteiger partial charge >= 0.3 is 12.1 Å². The van der Waals surface area contributed by atoms with E-state index >= 15 is 0 Å². The minimum Gasteiger partial charge on any atom is -0.480 e. The summed E-state index contributed by atoms with van der Waals surface area (Å²) < 4.78 is 16.1. The van der Waals surface area contributed by atoms with Crippen LogP contribution in [0.1, 0.15) is 105 Å². The van der Waals surface area contributed by atoms with Gasteiger partial charge in [0, 0.05) is 13.0 Å². The molecule has 3 fully saturated rings. The normalized spacial score (nSPS) is 35.2. The zero-order valence-corrected chi connectivity index (χ0v) is 26.4. The Morgan fingerprint density at radius 2 is 1.78 bits per heavy atom. The van der Waals surface area contributed by atoms with Crippen LogP contribution in [0.15, 0.2) is 11.6 Å². The van der Waals surface area contributed by atoms with Crippen molar-refractivity contribution in [2.75, 3.05) is 33.0 Å². The van der Waals surface area contributed by atoms with Gasteiger partial charge in [-0.15, -0.1) is 0 Å². The SMILES string of the molecule is CC(C)CCCC(C)C1CCC2[C@@H]3CC=C4C[C@@H](OC(=O)NCCOCCOCC(=O)O)CC[C@]4(C)C3CC[C@]12C. The second-order valence-electron chi connectivity index (χ2n) is 14.5. The third-order valence-electron chi connectivity index (χ3n) is 11.6. The number of carboxylic acids is 1. The molecule has 41 heavy (non-hydrogen) atoms. The number of nitrogens with one attached hydrogen (secondary N) is 1. The molecule has 3 saturated carbocycles. The molecule has 8 atom stereocenters. The minimum absolute atomic E-state index is 0.0624. The Hall–Kier alpha value is -1.60. The van der Waals surface area contributed by atoms with Crippen LogP contribution < -0.4 is 5.32 Å². The Bertz CT molecular complexity index is 919. The van der Waals surface area contributed by atoms with Crippen molar-refractivity contribution in [2.45, 2.75) is 111 Å². The third-order valence-corrected chi connectivity index (χ3v) is 11.6. The summed E-state index contributed by atoms with van der Waals surface area (Å²) in [5.41, 5.74) is 2.29. The molecule has 0 bridgehead atoms. The molecule has 0 radical (unpaired) electrons. The number of aliphatic carboxylic acids is 1. The number of carbonyl (C=O) groups is 2. The highest BCUT2D eigenvalue weighted by Crippen LogP contribution is 2.67. The third kappa shape index (κ3) is 7.68. The van der Waals surface area contributed by atoms with Gasteiger partial charge < -0.3 is 24.6 Å². The molecular formula is C34H57NO6. The highest BCUT2D eigenvalue weighted by atomic mass is 16.6. The lowest BCUT2D eigenvalue weighted by Crippen LogP contribution is -2.51. The number of amides is 1. The van der Waals surface area contributed by atoms with Crippen molar-refractivity contribution in [3.05, 3.63) is 11.6 Å². The molecule has 4 aliphatic carbocycles. The van der Waals surface area contributed by atoms with Crippen LogP contribution in [0.5, 0.6) is 0 Å². The first-order chi connectivity index (χ1) is 19.5. The molecule has 0 saturated heterocycles. The average Bonchev–Trinajstić information content (AvgIpc) is 3.27. The van der Waals surface area contributed by atoms with Gasteiger partial charge in [0.15, 0.2) is 0 Å². The van der Waals surface area contributed by atoms with Gasteiger partial charge in [-0.2, -0.15) is 0 Å². The zero-order chi connectivity index (χ0) is 29.6. The highest BCUT2D eigenvalue weighted by Gasteiger charge is 2.59. The number of hydrogen-bond donors (Lipinski definition) is 2. The second kappa shape index (κ2) is 14.2. The van der Waals surface area contributed by atoms with E-state index in [9.17, 15) is 9.59 Å². The van der Waals surface area contributed by atoms with Gasteiger partial charge in [-0.05, 0) is 91.3 Å². The van der Waals surface area contributed by atoms with Crippen molar-refractivity contribution in [3.63, 3.8) is 0 Å². The van der Waals surface area contributed by atoms with E-state index in [2.05, 4.69) is 46.0 Å². The Morgan fingerprint density at radius 1 is 1.00 bits per heavy atom. The van der Waals surface area contributed by atoms with Gasteiger partial charge in [0.25, 0.3) is 0 Å². The summed E-state index contributed by atoms with van der Waals surface area (Å²) in [6.45, 7) is 13.3. The maximum Gasteiger partial charge on any atom is 0.407 e. The number of carbonyl (C=O) groups excluding carboxylic acids is 1. The molecule has 0 aromatic heterocycles. The van der Waals surface area contributed by atoms with Crippen LogP contribution in [-0.2, 0) is 19.0 Å². The van der Waals surface area contributed by atoms with Gasteiger partial charge in [0.05, 0.1) is 19.8 Å². The maximum absolute atomic E-state index is 12.4. The summed E-state index contributed by atoms with van der Waals surface area (Å²) in [6, 6.07) is 0. The number of fused-ring (bicyclic) bond motifs is 5. The van der Waals surface area contributed by atoms with Crippen LogP contribution in [0.4, 0.5) is 4.79 Å². The number of rotatable bonds is 14. The zero-order valence-electron chi connectivity index (χ0n) is 26.4. The van der Waals surface area contributed by atoms with Gasteiger partial charge in [-0.1, -0.05) is 65.5 Å². The van der Waals surface area contributed by atoms with Crippen LogP contribution in [0.2, 0.25) is 0 Å². The summed E-state index contributed by atoms with van der Waals surface area (Å²) in [5, 5.41) is 11.3. The summed E-state index contributed by atoms with van der Waals surface area (Å²) in [4.78, 5) is 22.9. The topological polar surface area (TPSA) is 94.1 Å². The quantitative estimate of drug-likeness (QED) is 0.167. The van der Waals surface area contributed by atoms with Crippen molar-refractivity contribution in [3.8, 4) is 0 Å². The minimum atomic E-state index is -0.997. The predicted octanol–water partition coefficient (Wildman–Crippen LogP) is 7.24. The highest BCUT2D eigenvalue weighted by molar-refractivity contribution is 5.68. The molecule has 1 amide bonds. The number of allylic oxidation sites excluding steroid dienone is 1. The fourth-order valence-corrected chi connectivity index (χ4v) is 9.55. The monoisotopic (exact) mass is 575 g/mol. The van der Waals surface area contributed by atoms with Crippen molar-refractivity contribution in [2.24, 2.45) is 46.3 Å². The van der Waals surface area contributed by atoms with Crippen LogP contribution in [0.3, 0.4) is 0 Å². The van der Waals surface area contributed by atoms with E-state index < -0.39 is 5.97 Å². The van der Waals surface area contributed by atoms with Crippen molar-refractivity contribution >= 4 is 12.1 Å². The molecular weight excluding hydrogens is 518 g/mol. The van der Waals surface area contributed by atoms with Crippen molar-refractivity contribution < 1.29 is 28.9 Å². The van der Waals surface area contributed by atoms with Crippen molar-refractivity contribution in [1.29, 1.82) is 0 Å². The first-order valence-electron chi connectivity index (χ1n) is 16.6. The predicted molar refractivity (Wildman–Crippen MR) is 161 cm³/mol. The molecule has 7 nitrogen and oxygen atoms in total. The smallest absolute Gasteiger partial charge is 0.407 e. The number of carboxylic acid groups (broad SMARTS) is 1. The van der Waals surface area contributed by atoms with Gasteiger partial charge in [-0.3, -0.25) is 0 Å². The summed E-state index contributed by atoms with van der Waals surface area (Å²) >= 11 is 0. The molecule has 234 valence electrons. The van der Waals surface area contributed by atoms with Crippen LogP contribution >= 0.6 is 0 Å². The summed E-state index contributed by atoms with van der Waals surface area (Å²) in [7, 11) is 0. The summed E-state index contributed by atoms with van der Waals surface area (Å²) in [5.74, 6) is 3.98. The van der Waals surface area contributed by atoms with Gasteiger partial charge in [-0.25, -0.2) is 9.59 Å². The largest absolute Gasteiger partial charge is 0.480 e. The van der Waals surface area contributed by atoms with E-state index in [1.54, 1.807) is 0 Å². The second-order valence-corrected chi connectivity index (χ2v) is 14.5. The van der Waals surface area contributed by atoms with Gasteiger partial charge in [0.1, 0.15) is 12.7 Å². The number of alkyl carbamates (subject to hydrolysis) is 1. The molecule has 0 aromatic rings. The molecule has 7 heteroatoms.